The van der Waals surface area contributed by atoms with Crippen molar-refractivity contribution in [2.75, 3.05) is 7.11 Å². The molecule has 0 bridgehead atoms. The summed E-state index contributed by atoms with van der Waals surface area (Å²) in [5, 5.41) is 11.4. The highest BCUT2D eigenvalue weighted by atomic mass is 16.5. The lowest BCUT2D eigenvalue weighted by atomic mass is 9.89. The molecule has 0 saturated carbocycles. The van der Waals surface area contributed by atoms with Crippen molar-refractivity contribution in [3.63, 3.8) is 0 Å². The second-order valence-corrected chi connectivity index (χ2v) is 5.33. The number of carboxylic acids is 1. The molecule has 0 aliphatic carbocycles. The van der Waals surface area contributed by atoms with Crippen LogP contribution in [0, 0.1) is 0 Å². The number of allylic oxidation sites excluding steroid dienone is 1. The number of benzene rings is 2. The zero-order chi connectivity index (χ0) is 17.3. The molecule has 1 aromatic heterocycles. The molecule has 0 aliphatic heterocycles. The highest BCUT2D eigenvalue weighted by molar-refractivity contribution is 6.08. The van der Waals surface area contributed by atoms with Crippen molar-refractivity contribution < 1.29 is 23.8 Å². The number of fused-ring (bicyclic) bond motifs is 3. The fourth-order valence-electron chi connectivity index (χ4n) is 2.95. The van der Waals surface area contributed by atoms with Crippen LogP contribution in [0.5, 0.6) is 0 Å². The Labute approximate surface area is 138 Å². The number of carbonyl (C=O) groups excluding carboxylic acids is 1. The summed E-state index contributed by atoms with van der Waals surface area (Å²) in [6.07, 6.45) is 1.46. The Kier molecular flexibility index (Phi) is 4.08. The Morgan fingerprint density at radius 3 is 2.50 bits per heavy atom. The van der Waals surface area contributed by atoms with E-state index in [0.29, 0.717) is 16.7 Å². The number of hydrogen-bond acceptors (Lipinski definition) is 4. The maximum absolute atomic E-state index is 12.0. The van der Waals surface area contributed by atoms with Crippen LogP contribution in [0.2, 0.25) is 0 Å². The van der Waals surface area contributed by atoms with Gasteiger partial charge in [-0.05, 0) is 13.0 Å². The van der Waals surface area contributed by atoms with Gasteiger partial charge in [0.25, 0.3) is 0 Å². The molecule has 0 fully saturated rings. The van der Waals surface area contributed by atoms with Gasteiger partial charge in [0.05, 0.1) is 12.7 Å². The summed E-state index contributed by atoms with van der Waals surface area (Å²) in [7, 11) is 1.23. The summed E-state index contributed by atoms with van der Waals surface area (Å²) in [6.45, 7) is 1.61. The molecule has 24 heavy (non-hydrogen) atoms. The fraction of sp³-hybridized carbons (Fsp3) is 0.158. The summed E-state index contributed by atoms with van der Waals surface area (Å²) in [6, 6.07) is 12.8. The summed E-state index contributed by atoms with van der Waals surface area (Å²) >= 11 is 0. The van der Waals surface area contributed by atoms with E-state index in [2.05, 4.69) is 0 Å². The number of carbonyl (C=O) groups is 2. The van der Waals surface area contributed by atoms with Crippen LogP contribution in [0.3, 0.4) is 0 Å². The predicted molar refractivity (Wildman–Crippen MR) is 89.9 cm³/mol. The van der Waals surface area contributed by atoms with Crippen molar-refractivity contribution in [3.8, 4) is 0 Å². The monoisotopic (exact) mass is 324 g/mol. The van der Waals surface area contributed by atoms with E-state index in [-0.39, 0.29) is 5.57 Å². The lowest BCUT2D eigenvalue weighted by molar-refractivity contribution is -0.142. The molecule has 2 aromatic carbocycles. The number of para-hydroxylation sites is 2. The molecular weight excluding hydrogens is 308 g/mol. The third-order valence-corrected chi connectivity index (χ3v) is 4.04. The van der Waals surface area contributed by atoms with Gasteiger partial charge in [-0.3, -0.25) is 4.79 Å². The summed E-state index contributed by atoms with van der Waals surface area (Å²) in [5.41, 5.74) is 1.63. The van der Waals surface area contributed by atoms with Crippen LogP contribution in [0.1, 0.15) is 18.4 Å². The van der Waals surface area contributed by atoms with E-state index in [4.69, 9.17) is 9.15 Å². The lowest BCUT2D eigenvalue weighted by Gasteiger charge is -2.15. The molecule has 3 aromatic rings. The van der Waals surface area contributed by atoms with Crippen LogP contribution in [-0.4, -0.2) is 24.2 Å². The van der Waals surface area contributed by atoms with Crippen LogP contribution >= 0.6 is 0 Å². The molecule has 0 spiro atoms. The Hall–Kier alpha value is -3.08. The van der Waals surface area contributed by atoms with Crippen molar-refractivity contribution in [3.05, 3.63) is 59.7 Å². The van der Waals surface area contributed by atoms with Gasteiger partial charge in [0, 0.05) is 16.3 Å². The van der Waals surface area contributed by atoms with Gasteiger partial charge in [0.1, 0.15) is 17.1 Å². The van der Waals surface area contributed by atoms with Gasteiger partial charge < -0.3 is 14.3 Å². The van der Waals surface area contributed by atoms with Crippen LogP contribution in [0.4, 0.5) is 0 Å². The summed E-state index contributed by atoms with van der Waals surface area (Å²) in [5.74, 6) is -2.97. The molecule has 1 unspecified atom stereocenters. The maximum Gasteiger partial charge on any atom is 0.334 e. The van der Waals surface area contributed by atoms with Gasteiger partial charge in [0.2, 0.25) is 0 Å². The van der Waals surface area contributed by atoms with E-state index in [1.54, 1.807) is 19.1 Å². The molecule has 1 heterocycles. The standard InChI is InChI=1S/C19H16O5/c1-3-11(19(22)23-2)16(18(20)21)14-9-6-8-13-12-7-4-5-10-15(12)24-17(13)14/h3-10,16H,1-2H3,(H,20,21). The first kappa shape index (κ1) is 15.8. The number of esters is 1. The molecule has 0 radical (unpaired) electrons. The minimum Gasteiger partial charge on any atom is -0.481 e. The number of aliphatic carboxylic acids is 1. The van der Waals surface area contributed by atoms with Crippen molar-refractivity contribution in [1.82, 2.24) is 0 Å². The first-order valence-electron chi connectivity index (χ1n) is 7.46. The molecular formula is C19H16O5. The molecule has 0 amide bonds. The average molecular weight is 324 g/mol. The van der Waals surface area contributed by atoms with Crippen molar-refractivity contribution in [2.24, 2.45) is 0 Å². The van der Waals surface area contributed by atoms with E-state index in [0.717, 1.165) is 10.8 Å². The van der Waals surface area contributed by atoms with Crippen LogP contribution in [0.25, 0.3) is 21.9 Å². The number of hydrogen-bond donors (Lipinski definition) is 1. The van der Waals surface area contributed by atoms with Gasteiger partial charge in [-0.25, -0.2) is 4.79 Å². The van der Waals surface area contributed by atoms with Crippen LogP contribution < -0.4 is 0 Å². The SMILES string of the molecule is CC=C(C(=O)OC)C(C(=O)O)c1cccc2c1oc1ccccc12. The number of furan rings is 1. The largest absolute Gasteiger partial charge is 0.481 e. The third-order valence-electron chi connectivity index (χ3n) is 4.04. The number of ether oxygens (including phenoxy) is 1. The van der Waals surface area contributed by atoms with E-state index in [9.17, 15) is 14.7 Å². The first-order valence-corrected chi connectivity index (χ1v) is 7.46. The third kappa shape index (κ3) is 2.44. The van der Waals surface area contributed by atoms with E-state index >= 15 is 0 Å². The van der Waals surface area contributed by atoms with Gasteiger partial charge in [0.15, 0.2) is 0 Å². The molecule has 3 rings (SSSR count). The topological polar surface area (TPSA) is 76.7 Å². The van der Waals surface area contributed by atoms with Crippen molar-refractivity contribution in [2.45, 2.75) is 12.8 Å². The average Bonchev–Trinajstić information content (AvgIpc) is 2.97. The summed E-state index contributed by atoms with van der Waals surface area (Å²) in [4.78, 5) is 23.9. The van der Waals surface area contributed by atoms with E-state index < -0.39 is 17.9 Å². The Morgan fingerprint density at radius 1 is 1.12 bits per heavy atom. The quantitative estimate of drug-likeness (QED) is 0.582. The molecule has 122 valence electrons. The Balaban J connectivity index is 2.29. The molecule has 1 atom stereocenters. The second kappa shape index (κ2) is 6.20. The van der Waals surface area contributed by atoms with Crippen LogP contribution in [0.15, 0.2) is 58.5 Å². The highest BCUT2D eigenvalue weighted by Gasteiger charge is 2.32. The first-order chi connectivity index (χ1) is 11.6. The van der Waals surface area contributed by atoms with E-state index in [1.807, 2.05) is 30.3 Å². The van der Waals surface area contributed by atoms with Crippen LogP contribution in [-0.2, 0) is 14.3 Å². The minimum absolute atomic E-state index is 0.0676. The van der Waals surface area contributed by atoms with Gasteiger partial charge in [-0.1, -0.05) is 42.5 Å². The van der Waals surface area contributed by atoms with Gasteiger partial charge in [-0.15, -0.1) is 0 Å². The Morgan fingerprint density at radius 2 is 1.83 bits per heavy atom. The molecule has 0 aliphatic rings. The zero-order valence-corrected chi connectivity index (χ0v) is 13.3. The highest BCUT2D eigenvalue weighted by Crippen LogP contribution is 2.36. The Bertz CT molecular complexity index is 964. The number of methoxy groups -OCH3 is 1. The normalized spacial score (nSPS) is 13.2. The predicted octanol–water partition coefficient (Wildman–Crippen LogP) is 3.87. The number of rotatable bonds is 4. The summed E-state index contributed by atoms with van der Waals surface area (Å²) < 4.78 is 10.6. The van der Waals surface area contributed by atoms with Gasteiger partial charge >= 0.3 is 11.9 Å². The lowest BCUT2D eigenvalue weighted by Crippen LogP contribution is -2.20. The maximum atomic E-state index is 12.0. The minimum atomic E-state index is -1.16. The smallest absolute Gasteiger partial charge is 0.334 e. The van der Waals surface area contributed by atoms with Crippen molar-refractivity contribution >= 4 is 33.9 Å². The molecule has 1 N–H and O–H groups in total. The molecule has 5 heteroatoms. The molecule has 0 saturated heterocycles. The van der Waals surface area contributed by atoms with Crippen molar-refractivity contribution in [1.29, 1.82) is 0 Å². The van der Waals surface area contributed by atoms with E-state index in [1.165, 1.54) is 13.2 Å². The van der Waals surface area contributed by atoms with Gasteiger partial charge in [-0.2, -0.15) is 0 Å². The number of carboxylic acid groups (broad SMARTS) is 1. The second-order valence-electron chi connectivity index (χ2n) is 5.33. The zero-order valence-electron chi connectivity index (χ0n) is 13.3. The fourth-order valence-corrected chi connectivity index (χ4v) is 2.95. The molecule has 5 nitrogen and oxygen atoms in total.